The Bertz CT molecular complexity index is 730. The number of benzene rings is 1. The molecule has 0 aliphatic carbocycles. The minimum atomic E-state index is -0.112. The van der Waals surface area contributed by atoms with Gasteiger partial charge in [-0.2, -0.15) is 0 Å². The number of amides is 1. The molecule has 7 heteroatoms. The Morgan fingerprint density at radius 1 is 1.44 bits per heavy atom. The molecule has 27 heavy (non-hydrogen) atoms. The molecule has 1 N–H and O–H groups in total. The Hall–Kier alpha value is -2.12. The Kier molecular flexibility index (Phi) is 7.06. The maximum Gasteiger partial charge on any atom is 0.251 e. The van der Waals surface area contributed by atoms with Crippen LogP contribution in [0.1, 0.15) is 48.7 Å². The van der Waals surface area contributed by atoms with Crippen molar-refractivity contribution in [1.29, 1.82) is 0 Å². The maximum atomic E-state index is 12.5. The highest BCUT2D eigenvalue weighted by atomic mass is 32.1. The summed E-state index contributed by atoms with van der Waals surface area (Å²) in [5.41, 5.74) is 3.18. The van der Waals surface area contributed by atoms with Crippen molar-refractivity contribution in [2.45, 2.75) is 51.4 Å². The van der Waals surface area contributed by atoms with Gasteiger partial charge >= 0.3 is 0 Å². The monoisotopic (exact) mass is 390 g/mol. The highest BCUT2D eigenvalue weighted by Gasteiger charge is 2.18. The van der Waals surface area contributed by atoms with Crippen LogP contribution in [0.3, 0.4) is 0 Å². The molecule has 2 unspecified atom stereocenters. The van der Waals surface area contributed by atoms with Gasteiger partial charge in [0.2, 0.25) is 0 Å². The molecule has 0 spiro atoms. The highest BCUT2D eigenvalue weighted by Crippen LogP contribution is 2.29. The zero-order chi connectivity index (χ0) is 19.1. The van der Waals surface area contributed by atoms with Gasteiger partial charge in [-0.25, -0.2) is 4.98 Å². The molecule has 1 aromatic heterocycles. The number of nitrogens with one attached hydrogen (secondary N) is 1. The van der Waals surface area contributed by atoms with Crippen LogP contribution in [-0.4, -0.2) is 36.8 Å². The number of carbonyl (C=O) groups is 1. The van der Waals surface area contributed by atoms with Crippen LogP contribution in [0, 0.1) is 0 Å². The SMILES string of the molecule is COc1cc(C(=O)NC(C)CCC2CCCO2)ccc1OCc1cscn1. The van der Waals surface area contributed by atoms with E-state index in [-0.39, 0.29) is 11.9 Å². The third-order valence-electron chi connectivity index (χ3n) is 4.61. The van der Waals surface area contributed by atoms with E-state index in [1.807, 2.05) is 12.3 Å². The average molecular weight is 391 g/mol. The quantitative estimate of drug-likeness (QED) is 0.705. The van der Waals surface area contributed by atoms with Crippen LogP contribution in [-0.2, 0) is 11.3 Å². The van der Waals surface area contributed by atoms with Gasteiger partial charge in [-0.15, -0.1) is 11.3 Å². The molecule has 0 radical (unpaired) electrons. The summed E-state index contributed by atoms with van der Waals surface area (Å²) in [6, 6.07) is 5.31. The molecule has 2 heterocycles. The van der Waals surface area contributed by atoms with Gasteiger partial charge < -0.3 is 19.5 Å². The van der Waals surface area contributed by atoms with Crippen LogP contribution in [0.15, 0.2) is 29.1 Å². The number of carbonyl (C=O) groups excluding carboxylic acids is 1. The van der Waals surface area contributed by atoms with E-state index in [9.17, 15) is 4.79 Å². The summed E-state index contributed by atoms with van der Waals surface area (Å²) in [7, 11) is 1.57. The first kappa shape index (κ1) is 19.6. The summed E-state index contributed by atoms with van der Waals surface area (Å²) in [6.45, 7) is 3.25. The smallest absolute Gasteiger partial charge is 0.251 e. The van der Waals surface area contributed by atoms with E-state index in [2.05, 4.69) is 10.3 Å². The molecule has 146 valence electrons. The number of hydrogen-bond acceptors (Lipinski definition) is 6. The summed E-state index contributed by atoms with van der Waals surface area (Å²) in [5, 5.41) is 4.98. The second kappa shape index (κ2) is 9.71. The zero-order valence-corrected chi connectivity index (χ0v) is 16.6. The van der Waals surface area contributed by atoms with Gasteiger partial charge in [-0.05, 0) is 50.8 Å². The van der Waals surface area contributed by atoms with Crippen molar-refractivity contribution < 1.29 is 19.0 Å². The van der Waals surface area contributed by atoms with Crippen LogP contribution >= 0.6 is 11.3 Å². The van der Waals surface area contributed by atoms with Gasteiger partial charge in [0.05, 0.1) is 24.4 Å². The van der Waals surface area contributed by atoms with Gasteiger partial charge in [0.15, 0.2) is 11.5 Å². The van der Waals surface area contributed by atoms with Crippen molar-refractivity contribution in [1.82, 2.24) is 10.3 Å². The minimum Gasteiger partial charge on any atom is -0.493 e. The Balaban J connectivity index is 1.54. The van der Waals surface area contributed by atoms with Crippen LogP contribution in [0.25, 0.3) is 0 Å². The van der Waals surface area contributed by atoms with Crippen LogP contribution in [0.5, 0.6) is 11.5 Å². The second-order valence-electron chi connectivity index (χ2n) is 6.72. The van der Waals surface area contributed by atoms with Crippen molar-refractivity contribution in [3.8, 4) is 11.5 Å². The fourth-order valence-corrected chi connectivity index (χ4v) is 3.62. The summed E-state index contributed by atoms with van der Waals surface area (Å²) < 4.78 is 16.8. The molecule has 1 aliphatic heterocycles. The molecule has 1 saturated heterocycles. The van der Waals surface area contributed by atoms with E-state index in [4.69, 9.17) is 14.2 Å². The number of aromatic nitrogens is 1. The lowest BCUT2D eigenvalue weighted by Crippen LogP contribution is -2.33. The van der Waals surface area contributed by atoms with Crippen LogP contribution in [0.4, 0.5) is 0 Å². The Morgan fingerprint density at radius 2 is 2.33 bits per heavy atom. The Labute approximate surface area is 163 Å². The predicted molar refractivity (Wildman–Crippen MR) is 105 cm³/mol. The molecule has 0 saturated carbocycles. The molecule has 3 rings (SSSR count). The predicted octanol–water partition coefficient (Wildman–Crippen LogP) is 3.81. The van der Waals surface area contributed by atoms with Gasteiger partial charge in [0.25, 0.3) is 5.91 Å². The third-order valence-corrected chi connectivity index (χ3v) is 5.24. The Morgan fingerprint density at radius 3 is 3.04 bits per heavy atom. The first-order valence-electron chi connectivity index (χ1n) is 9.26. The molecule has 1 amide bonds. The normalized spacial score (nSPS) is 17.5. The summed E-state index contributed by atoms with van der Waals surface area (Å²) >= 11 is 1.53. The highest BCUT2D eigenvalue weighted by molar-refractivity contribution is 7.07. The fraction of sp³-hybridized carbons (Fsp3) is 0.500. The van der Waals surface area contributed by atoms with E-state index in [1.54, 1.807) is 30.8 Å². The van der Waals surface area contributed by atoms with Gasteiger partial charge in [0.1, 0.15) is 6.61 Å². The third kappa shape index (κ3) is 5.68. The standard InChI is InChI=1S/C20H26N2O4S/c1-14(5-7-17-4-3-9-25-17)22-20(23)15-6-8-18(19(10-15)24-2)26-11-16-12-27-13-21-16/h6,8,10,12-14,17H,3-5,7,9,11H2,1-2H3,(H,22,23). The van der Waals surface area contributed by atoms with Gasteiger partial charge in [-0.1, -0.05) is 0 Å². The van der Waals surface area contributed by atoms with E-state index < -0.39 is 0 Å². The van der Waals surface area contributed by atoms with Crippen molar-refractivity contribution in [3.05, 3.63) is 40.3 Å². The van der Waals surface area contributed by atoms with Gasteiger partial charge in [-0.3, -0.25) is 4.79 Å². The molecule has 1 aromatic carbocycles. The topological polar surface area (TPSA) is 69.7 Å². The van der Waals surface area contributed by atoms with E-state index in [0.717, 1.165) is 38.0 Å². The summed E-state index contributed by atoms with van der Waals surface area (Å²) in [6.07, 6.45) is 4.50. The number of methoxy groups -OCH3 is 1. The maximum absolute atomic E-state index is 12.5. The largest absolute Gasteiger partial charge is 0.493 e. The van der Waals surface area contributed by atoms with Gasteiger partial charge in [0, 0.05) is 23.6 Å². The second-order valence-corrected chi connectivity index (χ2v) is 7.44. The van der Waals surface area contributed by atoms with Crippen LogP contribution < -0.4 is 14.8 Å². The number of rotatable bonds is 9. The molecular weight excluding hydrogens is 364 g/mol. The lowest BCUT2D eigenvalue weighted by atomic mass is 10.1. The van der Waals surface area contributed by atoms with E-state index >= 15 is 0 Å². The molecule has 1 fully saturated rings. The fourth-order valence-electron chi connectivity index (χ4n) is 3.08. The molecular formula is C20H26N2O4S. The minimum absolute atomic E-state index is 0.0910. The lowest BCUT2D eigenvalue weighted by molar-refractivity contribution is 0.0899. The first-order valence-corrected chi connectivity index (χ1v) is 10.2. The summed E-state index contributed by atoms with van der Waals surface area (Å²) in [5.74, 6) is 1.01. The molecule has 1 aliphatic rings. The summed E-state index contributed by atoms with van der Waals surface area (Å²) in [4.78, 5) is 16.7. The van der Waals surface area contributed by atoms with Crippen LogP contribution in [0.2, 0.25) is 0 Å². The molecule has 0 bridgehead atoms. The lowest BCUT2D eigenvalue weighted by Gasteiger charge is -2.17. The molecule has 6 nitrogen and oxygen atoms in total. The van der Waals surface area contributed by atoms with Crippen molar-refractivity contribution >= 4 is 17.2 Å². The number of nitrogens with zero attached hydrogens (tertiary/aromatic N) is 1. The first-order chi connectivity index (χ1) is 13.2. The van der Waals surface area contributed by atoms with Crippen molar-refractivity contribution in [3.63, 3.8) is 0 Å². The number of ether oxygens (including phenoxy) is 3. The van der Waals surface area contributed by atoms with E-state index in [1.165, 1.54) is 11.3 Å². The number of thiazole rings is 1. The van der Waals surface area contributed by atoms with Crippen molar-refractivity contribution in [2.75, 3.05) is 13.7 Å². The van der Waals surface area contributed by atoms with E-state index in [0.29, 0.717) is 29.8 Å². The zero-order valence-electron chi connectivity index (χ0n) is 15.8. The molecule has 2 aromatic rings. The number of hydrogen-bond donors (Lipinski definition) is 1. The van der Waals surface area contributed by atoms with Crippen molar-refractivity contribution in [2.24, 2.45) is 0 Å². The molecule has 2 atom stereocenters. The average Bonchev–Trinajstić information content (AvgIpc) is 3.38.